The zero-order valence-corrected chi connectivity index (χ0v) is 13.3. The topological polar surface area (TPSA) is 58.6 Å². The minimum atomic E-state index is -0.103. The number of halogens is 1. The Hall–Kier alpha value is -1.43. The van der Waals surface area contributed by atoms with Gasteiger partial charge in [-0.3, -0.25) is 14.5 Å². The Morgan fingerprint density at radius 3 is 2.64 bits per heavy atom. The molecule has 0 spiro atoms. The molecule has 1 aromatic rings. The third kappa shape index (κ3) is 5.40. The van der Waals surface area contributed by atoms with Crippen LogP contribution in [-0.4, -0.2) is 56.0 Å². The number of rotatable bonds is 7. The molecule has 0 saturated carbocycles. The van der Waals surface area contributed by atoms with Gasteiger partial charge in [-0.05, 0) is 12.1 Å². The van der Waals surface area contributed by atoms with Crippen molar-refractivity contribution in [1.82, 2.24) is 10.2 Å². The number of hydrogen-bond donors (Lipinski definition) is 1. The van der Waals surface area contributed by atoms with E-state index < -0.39 is 0 Å². The number of ether oxygens (including phenoxy) is 1. The monoisotopic (exact) mass is 324 g/mol. The quantitative estimate of drug-likeness (QED) is 0.776. The maximum absolute atomic E-state index is 12.0. The van der Waals surface area contributed by atoms with Crippen molar-refractivity contribution in [3.63, 3.8) is 0 Å². The molecular formula is C16H21ClN2O3. The van der Waals surface area contributed by atoms with Crippen LogP contribution < -0.4 is 5.32 Å². The molecule has 0 aromatic heterocycles. The molecular weight excluding hydrogens is 304 g/mol. The predicted molar refractivity (Wildman–Crippen MR) is 85.3 cm³/mol. The number of amides is 1. The molecule has 1 N–H and O–H groups in total. The van der Waals surface area contributed by atoms with Gasteiger partial charge in [0.25, 0.3) is 0 Å². The van der Waals surface area contributed by atoms with Gasteiger partial charge in [0.15, 0.2) is 5.78 Å². The fourth-order valence-corrected chi connectivity index (χ4v) is 2.56. The highest BCUT2D eigenvalue weighted by Gasteiger charge is 2.13. The summed E-state index contributed by atoms with van der Waals surface area (Å²) in [6, 6.07) is 6.90. The van der Waals surface area contributed by atoms with E-state index in [-0.39, 0.29) is 24.5 Å². The van der Waals surface area contributed by atoms with Gasteiger partial charge in [0.05, 0.1) is 18.2 Å². The van der Waals surface area contributed by atoms with Gasteiger partial charge in [0.1, 0.15) is 0 Å². The van der Waals surface area contributed by atoms with Gasteiger partial charge in [0.2, 0.25) is 5.91 Å². The number of hydrogen-bond acceptors (Lipinski definition) is 4. The van der Waals surface area contributed by atoms with E-state index >= 15 is 0 Å². The van der Waals surface area contributed by atoms with Crippen LogP contribution in [0.3, 0.4) is 0 Å². The highest BCUT2D eigenvalue weighted by molar-refractivity contribution is 6.34. The van der Waals surface area contributed by atoms with E-state index in [4.69, 9.17) is 16.3 Å². The smallest absolute Gasteiger partial charge is 0.220 e. The number of Topliss-reactive ketones (excluding diaryl/α,β-unsaturated/α-hetero) is 1. The van der Waals surface area contributed by atoms with Gasteiger partial charge in [-0.2, -0.15) is 0 Å². The minimum Gasteiger partial charge on any atom is -0.379 e. The fourth-order valence-electron chi connectivity index (χ4n) is 2.32. The molecule has 0 unspecified atom stereocenters. The van der Waals surface area contributed by atoms with Crippen LogP contribution in [0.15, 0.2) is 24.3 Å². The maximum Gasteiger partial charge on any atom is 0.220 e. The molecule has 1 heterocycles. The van der Waals surface area contributed by atoms with E-state index in [1.807, 2.05) is 0 Å². The Morgan fingerprint density at radius 2 is 1.91 bits per heavy atom. The van der Waals surface area contributed by atoms with Crippen LogP contribution in [0.5, 0.6) is 0 Å². The second-order valence-corrected chi connectivity index (χ2v) is 5.61. The zero-order chi connectivity index (χ0) is 15.8. The third-order valence-electron chi connectivity index (χ3n) is 3.61. The van der Waals surface area contributed by atoms with Crippen molar-refractivity contribution in [3.05, 3.63) is 34.9 Å². The summed E-state index contributed by atoms with van der Waals surface area (Å²) in [5.74, 6) is -0.206. The highest BCUT2D eigenvalue weighted by Crippen LogP contribution is 2.17. The second-order valence-electron chi connectivity index (χ2n) is 5.21. The van der Waals surface area contributed by atoms with Crippen LogP contribution in [0.4, 0.5) is 0 Å². The van der Waals surface area contributed by atoms with Crippen molar-refractivity contribution in [2.45, 2.75) is 12.8 Å². The average Bonchev–Trinajstić information content (AvgIpc) is 2.54. The molecule has 6 heteroatoms. The summed E-state index contributed by atoms with van der Waals surface area (Å²) in [7, 11) is 0. The summed E-state index contributed by atoms with van der Waals surface area (Å²) in [5, 5.41) is 3.28. The number of ketones is 1. The molecule has 0 bridgehead atoms. The largest absolute Gasteiger partial charge is 0.379 e. The first kappa shape index (κ1) is 16.9. The Labute approximate surface area is 135 Å². The molecule has 2 rings (SSSR count). The molecule has 5 nitrogen and oxygen atoms in total. The normalized spacial score (nSPS) is 15.5. The van der Waals surface area contributed by atoms with Crippen LogP contribution in [0.2, 0.25) is 5.02 Å². The number of benzene rings is 1. The van der Waals surface area contributed by atoms with E-state index in [2.05, 4.69) is 10.2 Å². The van der Waals surface area contributed by atoms with Gasteiger partial charge in [0, 0.05) is 44.6 Å². The van der Waals surface area contributed by atoms with Crippen molar-refractivity contribution in [2.75, 3.05) is 39.4 Å². The van der Waals surface area contributed by atoms with Crippen molar-refractivity contribution < 1.29 is 14.3 Å². The minimum absolute atomic E-state index is 0.103. The van der Waals surface area contributed by atoms with Crippen LogP contribution in [-0.2, 0) is 9.53 Å². The molecule has 1 amide bonds. The number of carbonyl (C=O) groups excluding carboxylic acids is 2. The van der Waals surface area contributed by atoms with Crippen LogP contribution in [0.1, 0.15) is 23.2 Å². The molecule has 0 atom stereocenters. The molecule has 0 aliphatic carbocycles. The Bertz CT molecular complexity index is 516. The first-order valence-corrected chi connectivity index (χ1v) is 7.89. The molecule has 1 saturated heterocycles. The number of nitrogens with zero attached hydrogens (tertiary/aromatic N) is 1. The molecule has 22 heavy (non-hydrogen) atoms. The molecule has 1 fully saturated rings. The van der Waals surface area contributed by atoms with E-state index in [0.717, 1.165) is 32.8 Å². The average molecular weight is 325 g/mol. The summed E-state index contributed by atoms with van der Waals surface area (Å²) in [6.45, 7) is 4.72. The summed E-state index contributed by atoms with van der Waals surface area (Å²) in [6.07, 6.45) is 0.361. The summed E-state index contributed by atoms with van der Waals surface area (Å²) < 4.78 is 5.27. The van der Waals surface area contributed by atoms with E-state index in [1.165, 1.54) is 0 Å². The van der Waals surface area contributed by atoms with Gasteiger partial charge >= 0.3 is 0 Å². The first-order chi connectivity index (χ1) is 10.7. The fraction of sp³-hybridized carbons (Fsp3) is 0.500. The van der Waals surface area contributed by atoms with Crippen molar-refractivity contribution in [1.29, 1.82) is 0 Å². The molecule has 1 aliphatic heterocycles. The number of carbonyl (C=O) groups is 2. The third-order valence-corrected chi connectivity index (χ3v) is 3.94. The van der Waals surface area contributed by atoms with Crippen molar-refractivity contribution >= 4 is 23.3 Å². The van der Waals surface area contributed by atoms with Gasteiger partial charge in [-0.25, -0.2) is 0 Å². The van der Waals surface area contributed by atoms with Gasteiger partial charge in [-0.1, -0.05) is 23.7 Å². The Morgan fingerprint density at radius 1 is 1.18 bits per heavy atom. The molecule has 0 radical (unpaired) electrons. The second kappa shape index (κ2) is 8.88. The lowest BCUT2D eigenvalue weighted by molar-refractivity contribution is -0.121. The summed E-state index contributed by atoms with van der Waals surface area (Å²) in [5.41, 5.74) is 0.477. The van der Waals surface area contributed by atoms with E-state index in [9.17, 15) is 9.59 Å². The summed E-state index contributed by atoms with van der Waals surface area (Å²) >= 11 is 5.97. The lowest BCUT2D eigenvalue weighted by atomic mass is 10.1. The lowest BCUT2D eigenvalue weighted by Gasteiger charge is -2.26. The van der Waals surface area contributed by atoms with Gasteiger partial charge < -0.3 is 10.1 Å². The molecule has 120 valence electrons. The lowest BCUT2D eigenvalue weighted by Crippen LogP contribution is -2.41. The van der Waals surface area contributed by atoms with Crippen LogP contribution in [0, 0.1) is 0 Å². The number of morpholine rings is 1. The molecule has 1 aromatic carbocycles. The Balaban J connectivity index is 1.65. The zero-order valence-electron chi connectivity index (χ0n) is 12.5. The van der Waals surface area contributed by atoms with Crippen LogP contribution >= 0.6 is 11.6 Å². The van der Waals surface area contributed by atoms with Crippen molar-refractivity contribution in [3.8, 4) is 0 Å². The standard InChI is InChI=1S/C16H21ClN2O3/c17-14-4-2-1-3-13(14)15(20)5-6-16(21)18-7-8-19-9-11-22-12-10-19/h1-4H,5-12H2,(H,18,21). The predicted octanol–water partition coefficient (Wildman–Crippen LogP) is 1.75. The maximum atomic E-state index is 12.0. The van der Waals surface area contributed by atoms with Crippen LogP contribution in [0.25, 0.3) is 0 Å². The number of nitrogens with one attached hydrogen (secondary N) is 1. The molecule has 1 aliphatic rings. The first-order valence-electron chi connectivity index (χ1n) is 7.51. The van der Waals surface area contributed by atoms with Crippen molar-refractivity contribution in [2.24, 2.45) is 0 Å². The van der Waals surface area contributed by atoms with Gasteiger partial charge in [-0.15, -0.1) is 0 Å². The highest BCUT2D eigenvalue weighted by atomic mass is 35.5. The van der Waals surface area contributed by atoms with E-state index in [1.54, 1.807) is 24.3 Å². The van der Waals surface area contributed by atoms with E-state index in [0.29, 0.717) is 17.1 Å². The SMILES string of the molecule is O=C(CCC(=O)c1ccccc1Cl)NCCN1CCOCC1. The Kier molecular flexibility index (Phi) is 6.83. The summed E-state index contributed by atoms with van der Waals surface area (Å²) in [4.78, 5) is 26.0.